The number of nitriles is 1. The van der Waals surface area contributed by atoms with Gasteiger partial charge in [0.2, 0.25) is 11.8 Å². The Morgan fingerprint density at radius 3 is 2.35 bits per heavy atom. The van der Waals surface area contributed by atoms with Gasteiger partial charge in [-0.1, -0.05) is 20.3 Å². The predicted octanol–water partition coefficient (Wildman–Crippen LogP) is 4.62. The molecule has 0 saturated carbocycles. The molecule has 1 aromatic carbocycles. The van der Waals surface area contributed by atoms with Gasteiger partial charge in [0.25, 0.3) is 0 Å². The van der Waals surface area contributed by atoms with E-state index < -0.39 is 0 Å². The fourth-order valence-corrected chi connectivity index (χ4v) is 3.50. The number of nitrogens with one attached hydrogen (secondary N) is 3. The number of fused-ring (bicyclic) bond motifs is 1. The number of allylic oxidation sites excluding steroid dienone is 1. The Hall–Kier alpha value is -3.47. The van der Waals surface area contributed by atoms with Crippen LogP contribution in [0.4, 0.5) is 5.69 Å². The molecule has 0 fully saturated rings. The lowest BCUT2D eigenvalue weighted by atomic mass is 9.93. The molecule has 8 nitrogen and oxygen atoms in total. The number of amides is 2. The third-order valence-electron chi connectivity index (χ3n) is 5.55. The van der Waals surface area contributed by atoms with Crippen LogP contribution in [-0.4, -0.2) is 43.9 Å². The number of nitrogens with zero attached hydrogens (tertiary/aromatic N) is 2. The van der Waals surface area contributed by atoms with Crippen molar-refractivity contribution in [1.29, 1.82) is 5.26 Å². The highest BCUT2D eigenvalue weighted by molar-refractivity contribution is 5.81. The fraction of sp³-hybridized carbons (Fsp3) is 0.500. The van der Waals surface area contributed by atoms with Crippen LogP contribution in [0.1, 0.15) is 53.4 Å². The van der Waals surface area contributed by atoms with Gasteiger partial charge in [-0.15, -0.1) is 0 Å². The number of rotatable bonds is 11. The van der Waals surface area contributed by atoms with Crippen LogP contribution < -0.4 is 16.0 Å². The van der Waals surface area contributed by atoms with Gasteiger partial charge in [0.1, 0.15) is 11.4 Å². The molecule has 0 radical (unpaired) electrons. The van der Waals surface area contributed by atoms with Crippen LogP contribution in [0, 0.1) is 17.2 Å². The van der Waals surface area contributed by atoms with E-state index in [0.29, 0.717) is 24.2 Å². The number of carbonyl (C=O) groups is 2. The molecule has 2 aromatic rings. The van der Waals surface area contributed by atoms with Crippen LogP contribution in [0.15, 0.2) is 46.3 Å². The first kappa shape index (κ1) is 28.6. The number of anilines is 1. The Balaban J connectivity index is 0.000000546. The van der Waals surface area contributed by atoms with Gasteiger partial charge in [-0.05, 0) is 49.9 Å². The molecule has 1 atom stereocenters. The first-order valence-electron chi connectivity index (χ1n) is 11.8. The van der Waals surface area contributed by atoms with Crippen molar-refractivity contribution in [2.24, 2.45) is 5.92 Å². The maximum absolute atomic E-state index is 11.6. The Labute approximate surface area is 203 Å². The number of hydrogen-bond donors (Lipinski definition) is 3. The second-order valence-electron chi connectivity index (χ2n) is 7.97. The summed E-state index contributed by atoms with van der Waals surface area (Å²) >= 11 is 0. The zero-order valence-electron chi connectivity index (χ0n) is 21.3. The average Bonchev–Trinajstić information content (AvgIpc) is 3.31. The minimum absolute atomic E-state index is 0.00600. The van der Waals surface area contributed by atoms with Gasteiger partial charge in [0.15, 0.2) is 0 Å². The SMILES string of the molecule is CCC(CC(=O)NC)C/C(C#N)=C(\NC)Nc1ccc2occc2c1.CCCN(CC)C(C)=O. The van der Waals surface area contributed by atoms with Crippen LogP contribution in [0.25, 0.3) is 11.0 Å². The summed E-state index contributed by atoms with van der Waals surface area (Å²) in [5.41, 5.74) is 2.29. The van der Waals surface area contributed by atoms with Crippen LogP contribution >= 0.6 is 0 Å². The van der Waals surface area contributed by atoms with Crippen molar-refractivity contribution in [2.45, 2.75) is 53.4 Å². The van der Waals surface area contributed by atoms with E-state index in [1.54, 1.807) is 27.3 Å². The summed E-state index contributed by atoms with van der Waals surface area (Å²) in [5.74, 6) is 0.949. The minimum Gasteiger partial charge on any atom is -0.464 e. The van der Waals surface area contributed by atoms with E-state index in [-0.39, 0.29) is 17.7 Å². The van der Waals surface area contributed by atoms with Gasteiger partial charge in [0.05, 0.1) is 17.9 Å². The summed E-state index contributed by atoms with van der Waals surface area (Å²) in [6.45, 7) is 9.44. The standard InChI is InChI=1S/C19H24N4O2.C7H15NO/c1-4-13(10-18(24)21-2)9-15(12-20)19(22-3)23-16-5-6-17-14(11-16)7-8-25-17;1-4-6-8(5-2)7(3)9/h5-8,11,13,22-23H,4,9-10H2,1-3H3,(H,21,24);4-6H2,1-3H3/b19-15-;. The van der Waals surface area contributed by atoms with E-state index in [1.165, 1.54) is 0 Å². The topological polar surface area (TPSA) is 110 Å². The molecule has 2 amide bonds. The highest BCUT2D eigenvalue weighted by atomic mass is 16.3. The van der Waals surface area contributed by atoms with Crippen molar-refractivity contribution in [3.05, 3.63) is 41.9 Å². The van der Waals surface area contributed by atoms with Crippen molar-refractivity contribution in [3.63, 3.8) is 0 Å². The van der Waals surface area contributed by atoms with Gasteiger partial charge in [-0.25, -0.2) is 0 Å². The molecule has 1 unspecified atom stereocenters. The predicted molar refractivity (Wildman–Crippen MR) is 137 cm³/mol. The van der Waals surface area contributed by atoms with Crippen LogP contribution in [0.5, 0.6) is 0 Å². The third kappa shape index (κ3) is 9.18. The van der Waals surface area contributed by atoms with Crippen molar-refractivity contribution in [3.8, 4) is 6.07 Å². The largest absolute Gasteiger partial charge is 0.464 e. The molecule has 34 heavy (non-hydrogen) atoms. The smallest absolute Gasteiger partial charge is 0.220 e. The van der Waals surface area contributed by atoms with Crippen molar-refractivity contribution in [1.82, 2.24) is 15.5 Å². The molecular formula is C26H39N5O3. The lowest BCUT2D eigenvalue weighted by Gasteiger charge is -2.17. The zero-order valence-corrected chi connectivity index (χ0v) is 21.3. The molecule has 2 rings (SSSR count). The molecule has 0 aliphatic heterocycles. The summed E-state index contributed by atoms with van der Waals surface area (Å²) in [5, 5.41) is 19.5. The monoisotopic (exact) mass is 469 g/mol. The van der Waals surface area contributed by atoms with Crippen LogP contribution in [0.3, 0.4) is 0 Å². The molecule has 0 saturated heterocycles. The summed E-state index contributed by atoms with van der Waals surface area (Å²) in [4.78, 5) is 24.2. The second kappa shape index (κ2) is 15.4. The van der Waals surface area contributed by atoms with Crippen molar-refractivity contribution >= 4 is 28.5 Å². The van der Waals surface area contributed by atoms with E-state index in [9.17, 15) is 14.9 Å². The van der Waals surface area contributed by atoms with Crippen molar-refractivity contribution in [2.75, 3.05) is 32.5 Å². The Morgan fingerprint density at radius 1 is 1.12 bits per heavy atom. The molecule has 0 aliphatic carbocycles. The summed E-state index contributed by atoms with van der Waals surface area (Å²) in [6, 6.07) is 9.91. The molecule has 1 aromatic heterocycles. The van der Waals surface area contributed by atoms with E-state index in [0.717, 1.165) is 42.6 Å². The first-order valence-corrected chi connectivity index (χ1v) is 11.8. The Morgan fingerprint density at radius 2 is 1.85 bits per heavy atom. The molecule has 0 bridgehead atoms. The lowest BCUT2D eigenvalue weighted by Crippen LogP contribution is -2.28. The maximum atomic E-state index is 11.6. The van der Waals surface area contributed by atoms with Gasteiger partial charge >= 0.3 is 0 Å². The van der Waals surface area contributed by atoms with Gasteiger partial charge in [-0.3, -0.25) is 9.59 Å². The lowest BCUT2D eigenvalue weighted by molar-refractivity contribution is -0.128. The quantitative estimate of drug-likeness (QED) is 0.414. The van der Waals surface area contributed by atoms with E-state index in [2.05, 4.69) is 28.9 Å². The first-order chi connectivity index (χ1) is 16.3. The van der Waals surface area contributed by atoms with E-state index >= 15 is 0 Å². The summed E-state index contributed by atoms with van der Waals surface area (Å²) < 4.78 is 5.34. The summed E-state index contributed by atoms with van der Waals surface area (Å²) in [7, 11) is 3.40. The van der Waals surface area contributed by atoms with E-state index in [4.69, 9.17) is 4.42 Å². The van der Waals surface area contributed by atoms with Crippen LogP contribution in [-0.2, 0) is 9.59 Å². The molecule has 0 spiro atoms. The third-order valence-corrected chi connectivity index (χ3v) is 5.55. The number of furan rings is 1. The number of hydrogen-bond acceptors (Lipinski definition) is 6. The molecule has 0 aliphatic rings. The Kier molecular flexibility index (Phi) is 12.9. The molecule has 186 valence electrons. The number of benzene rings is 1. The second-order valence-corrected chi connectivity index (χ2v) is 7.97. The zero-order chi connectivity index (χ0) is 25.5. The normalized spacial score (nSPS) is 11.9. The van der Waals surface area contributed by atoms with Crippen molar-refractivity contribution < 1.29 is 14.0 Å². The Bertz CT molecular complexity index is 990. The van der Waals surface area contributed by atoms with Gasteiger partial charge < -0.3 is 25.3 Å². The van der Waals surface area contributed by atoms with E-state index in [1.807, 2.05) is 43.0 Å². The molecular weight excluding hydrogens is 430 g/mol. The minimum atomic E-state index is -0.00600. The van der Waals surface area contributed by atoms with Gasteiger partial charge in [0, 0.05) is 51.6 Å². The highest BCUT2D eigenvalue weighted by Gasteiger charge is 2.16. The molecule has 1 heterocycles. The van der Waals surface area contributed by atoms with Gasteiger partial charge in [-0.2, -0.15) is 5.26 Å². The van der Waals surface area contributed by atoms with Crippen LogP contribution in [0.2, 0.25) is 0 Å². The average molecular weight is 470 g/mol. The number of carbonyl (C=O) groups excluding carboxylic acids is 2. The maximum Gasteiger partial charge on any atom is 0.220 e. The molecule has 3 N–H and O–H groups in total. The highest BCUT2D eigenvalue weighted by Crippen LogP contribution is 2.24. The molecule has 8 heteroatoms. The summed E-state index contributed by atoms with van der Waals surface area (Å²) in [6.07, 6.45) is 4.48. The fourth-order valence-electron chi connectivity index (χ4n) is 3.50.